The van der Waals surface area contributed by atoms with Crippen molar-refractivity contribution in [1.82, 2.24) is 0 Å². The van der Waals surface area contributed by atoms with Gasteiger partial charge in [0.1, 0.15) is 19.0 Å². The van der Waals surface area contributed by atoms with Crippen LogP contribution < -0.4 is 0 Å². The van der Waals surface area contributed by atoms with Gasteiger partial charge in [0.05, 0.1) is 6.42 Å². The van der Waals surface area contributed by atoms with E-state index < -0.39 is 5.41 Å². The van der Waals surface area contributed by atoms with E-state index in [9.17, 15) is 14.4 Å². The molecule has 25 heavy (non-hydrogen) atoms. The molecule has 0 aromatic rings. The van der Waals surface area contributed by atoms with Crippen molar-refractivity contribution >= 4 is 55.6 Å². The van der Waals surface area contributed by atoms with Crippen LogP contribution >= 0.6 is 37.9 Å². The number of hydrogen-bond donors (Lipinski definition) is 3. The van der Waals surface area contributed by atoms with Gasteiger partial charge in [-0.2, -0.15) is 37.9 Å². The summed E-state index contributed by atoms with van der Waals surface area (Å²) in [4.78, 5) is 35.2. The highest BCUT2D eigenvalue weighted by Gasteiger charge is 2.33. The number of ether oxygens (including phenoxy) is 2. The molecule has 0 saturated heterocycles. The molecule has 1 unspecified atom stereocenters. The maximum atomic E-state index is 11.9. The summed E-state index contributed by atoms with van der Waals surface area (Å²) in [5, 5.41) is 0. The molecule has 0 aromatic carbocycles. The zero-order chi connectivity index (χ0) is 19.1. The first kappa shape index (κ1) is 24.7. The van der Waals surface area contributed by atoms with Gasteiger partial charge in [0.2, 0.25) is 0 Å². The number of rotatable bonds is 15. The standard InChI is InChI=1S/C17H30O5S3/c1-2-15(19)21-12-17(7-3-9-23,8-4-14(18)5-10-24)13-22-16(20)6-11-25/h23-25H,2-13H2,1H3. The third-order valence-corrected chi connectivity index (χ3v) is 4.64. The lowest BCUT2D eigenvalue weighted by Gasteiger charge is -2.32. The maximum Gasteiger partial charge on any atom is 0.306 e. The summed E-state index contributed by atoms with van der Waals surface area (Å²) in [5.41, 5.74) is -0.563. The van der Waals surface area contributed by atoms with Gasteiger partial charge in [0.25, 0.3) is 0 Å². The number of carbonyl (C=O) groups excluding carboxylic acids is 3. The molecule has 0 aromatic heterocycles. The zero-order valence-corrected chi connectivity index (χ0v) is 17.6. The van der Waals surface area contributed by atoms with E-state index in [-0.39, 0.29) is 43.8 Å². The smallest absolute Gasteiger partial charge is 0.306 e. The van der Waals surface area contributed by atoms with Gasteiger partial charge in [0.15, 0.2) is 0 Å². The predicted molar refractivity (Wildman–Crippen MR) is 109 cm³/mol. The Morgan fingerprint density at radius 3 is 1.92 bits per heavy atom. The molecule has 0 aliphatic carbocycles. The predicted octanol–water partition coefficient (Wildman–Crippen LogP) is 3.17. The lowest BCUT2D eigenvalue weighted by Crippen LogP contribution is -2.35. The molecule has 0 N–H and O–H groups in total. The molecule has 0 heterocycles. The van der Waals surface area contributed by atoms with Crippen LogP contribution in [0.15, 0.2) is 0 Å². The summed E-state index contributed by atoms with van der Waals surface area (Å²) in [6, 6.07) is 0. The summed E-state index contributed by atoms with van der Waals surface area (Å²) in [6.45, 7) is 1.98. The minimum Gasteiger partial charge on any atom is -0.465 e. The largest absolute Gasteiger partial charge is 0.465 e. The molecule has 5 nitrogen and oxygen atoms in total. The van der Waals surface area contributed by atoms with Gasteiger partial charge < -0.3 is 9.47 Å². The van der Waals surface area contributed by atoms with Gasteiger partial charge in [-0.25, -0.2) is 0 Å². The Morgan fingerprint density at radius 2 is 1.40 bits per heavy atom. The Labute approximate surface area is 167 Å². The van der Waals surface area contributed by atoms with Crippen molar-refractivity contribution in [2.45, 2.75) is 51.9 Å². The quantitative estimate of drug-likeness (QED) is 0.286. The molecule has 0 aliphatic rings. The van der Waals surface area contributed by atoms with Crippen LogP contribution in [0.5, 0.6) is 0 Å². The topological polar surface area (TPSA) is 69.7 Å². The second-order valence-corrected chi connectivity index (χ2v) is 7.33. The molecule has 0 spiro atoms. The van der Waals surface area contributed by atoms with Crippen molar-refractivity contribution < 1.29 is 23.9 Å². The van der Waals surface area contributed by atoms with Gasteiger partial charge in [0, 0.05) is 30.4 Å². The SMILES string of the molecule is CCC(=O)OCC(CCCS)(CCC(=O)CCS)COC(=O)CCS. The van der Waals surface area contributed by atoms with Crippen LogP contribution in [0.1, 0.15) is 51.9 Å². The molecule has 146 valence electrons. The average Bonchev–Trinajstić information content (AvgIpc) is 2.60. The van der Waals surface area contributed by atoms with E-state index in [1.165, 1.54) is 0 Å². The van der Waals surface area contributed by atoms with Crippen LogP contribution in [-0.2, 0) is 23.9 Å². The fourth-order valence-electron chi connectivity index (χ4n) is 2.30. The lowest BCUT2D eigenvalue weighted by atomic mass is 9.79. The Hall–Kier alpha value is -0.340. The van der Waals surface area contributed by atoms with Crippen molar-refractivity contribution in [3.8, 4) is 0 Å². The van der Waals surface area contributed by atoms with Crippen LogP contribution in [0.4, 0.5) is 0 Å². The van der Waals surface area contributed by atoms with Gasteiger partial charge in [-0.05, 0) is 30.8 Å². The molecule has 0 rings (SSSR count). The first-order valence-electron chi connectivity index (χ1n) is 8.58. The minimum atomic E-state index is -0.563. The molecule has 0 saturated carbocycles. The van der Waals surface area contributed by atoms with Gasteiger partial charge >= 0.3 is 11.9 Å². The van der Waals surface area contributed by atoms with Crippen LogP contribution in [0.25, 0.3) is 0 Å². The fraction of sp³-hybridized carbons (Fsp3) is 0.824. The third kappa shape index (κ3) is 11.8. The average molecular weight is 411 g/mol. The normalized spacial score (nSPS) is 13.1. The summed E-state index contributed by atoms with van der Waals surface area (Å²) >= 11 is 12.3. The highest BCUT2D eigenvalue weighted by molar-refractivity contribution is 7.80. The van der Waals surface area contributed by atoms with Gasteiger partial charge in [-0.15, -0.1) is 0 Å². The first-order valence-corrected chi connectivity index (χ1v) is 10.5. The van der Waals surface area contributed by atoms with E-state index in [4.69, 9.17) is 9.47 Å². The minimum absolute atomic E-state index is 0.105. The van der Waals surface area contributed by atoms with Crippen molar-refractivity contribution in [3.05, 3.63) is 0 Å². The van der Waals surface area contributed by atoms with Crippen LogP contribution in [0, 0.1) is 5.41 Å². The lowest BCUT2D eigenvalue weighted by molar-refractivity contribution is -0.154. The molecule has 1 atom stereocenters. The molecule has 0 aliphatic heterocycles. The Bertz CT molecular complexity index is 393. The van der Waals surface area contributed by atoms with E-state index in [0.29, 0.717) is 42.9 Å². The zero-order valence-electron chi connectivity index (χ0n) is 14.9. The monoisotopic (exact) mass is 410 g/mol. The highest BCUT2D eigenvalue weighted by atomic mass is 32.1. The second kappa shape index (κ2) is 14.8. The van der Waals surface area contributed by atoms with Crippen LogP contribution in [0.3, 0.4) is 0 Å². The molecule has 8 heteroatoms. The molecular formula is C17H30O5S3. The Morgan fingerprint density at radius 1 is 0.800 bits per heavy atom. The van der Waals surface area contributed by atoms with Crippen molar-refractivity contribution in [2.75, 3.05) is 30.5 Å². The summed E-state index contributed by atoms with van der Waals surface area (Å²) in [6.07, 6.45) is 3.19. The summed E-state index contributed by atoms with van der Waals surface area (Å²) < 4.78 is 10.7. The molecule has 0 amide bonds. The number of Topliss-reactive ketones (excluding diaryl/α,β-unsaturated/α-hetero) is 1. The van der Waals surface area contributed by atoms with E-state index in [0.717, 1.165) is 6.42 Å². The first-order chi connectivity index (χ1) is 11.9. The van der Waals surface area contributed by atoms with Crippen molar-refractivity contribution in [3.63, 3.8) is 0 Å². The highest BCUT2D eigenvalue weighted by Crippen LogP contribution is 2.32. The number of hydrogen-bond acceptors (Lipinski definition) is 8. The molecule has 0 bridgehead atoms. The number of thiol groups is 3. The van der Waals surface area contributed by atoms with Crippen LogP contribution in [0.2, 0.25) is 0 Å². The van der Waals surface area contributed by atoms with Gasteiger partial charge in [-0.1, -0.05) is 6.92 Å². The van der Waals surface area contributed by atoms with E-state index >= 15 is 0 Å². The Balaban J connectivity index is 5.06. The van der Waals surface area contributed by atoms with E-state index in [2.05, 4.69) is 37.9 Å². The van der Waals surface area contributed by atoms with Crippen LogP contribution in [-0.4, -0.2) is 48.2 Å². The fourth-order valence-corrected chi connectivity index (χ4v) is 2.89. The summed E-state index contributed by atoms with van der Waals surface area (Å²) in [5.74, 6) is 1.04. The second-order valence-electron chi connectivity index (χ2n) is 5.99. The molecular weight excluding hydrogens is 380 g/mol. The Kier molecular flexibility index (Phi) is 14.6. The van der Waals surface area contributed by atoms with E-state index in [1.54, 1.807) is 6.92 Å². The number of carbonyl (C=O) groups is 3. The third-order valence-electron chi connectivity index (χ3n) is 3.87. The summed E-state index contributed by atoms with van der Waals surface area (Å²) in [7, 11) is 0. The van der Waals surface area contributed by atoms with Crippen molar-refractivity contribution in [1.29, 1.82) is 0 Å². The van der Waals surface area contributed by atoms with Gasteiger partial charge in [-0.3, -0.25) is 14.4 Å². The number of esters is 2. The van der Waals surface area contributed by atoms with E-state index in [1.807, 2.05) is 0 Å². The maximum absolute atomic E-state index is 11.9. The number of ketones is 1. The molecule has 0 radical (unpaired) electrons. The van der Waals surface area contributed by atoms with Crippen molar-refractivity contribution in [2.24, 2.45) is 5.41 Å². The molecule has 0 fully saturated rings.